The summed E-state index contributed by atoms with van der Waals surface area (Å²) >= 11 is 1.51. The van der Waals surface area contributed by atoms with E-state index < -0.39 is 0 Å². The number of unbranched alkanes of at least 4 members (excludes halogenated alkanes) is 1. The van der Waals surface area contributed by atoms with E-state index in [9.17, 15) is 4.79 Å². The van der Waals surface area contributed by atoms with E-state index in [2.05, 4.69) is 17.1 Å². The van der Waals surface area contributed by atoms with Crippen LogP contribution in [0.3, 0.4) is 0 Å². The van der Waals surface area contributed by atoms with E-state index in [1.54, 1.807) is 12.1 Å². The minimum Gasteiger partial charge on any atom is -0.494 e. The van der Waals surface area contributed by atoms with Gasteiger partial charge in [0.15, 0.2) is 0 Å². The van der Waals surface area contributed by atoms with Crippen molar-refractivity contribution < 1.29 is 14.3 Å². The van der Waals surface area contributed by atoms with E-state index in [0.29, 0.717) is 5.56 Å². The van der Waals surface area contributed by atoms with Gasteiger partial charge in [-0.3, -0.25) is 0 Å². The van der Waals surface area contributed by atoms with Gasteiger partial charge in [-0.05, 0) is 42.8 Å². The second-order valence-corrected chi connectivity index (χ2v) is 6.69. The number of benzene rings is 2. The average Bonchev–Trinajstić information content (AvgIpc) is 3.18. The number of aromatic nitrogens is 2. The Bertz CT molecular complexity index is 858. The van der Waals surface area contributed by atoms with Gasteiger partial charge in [0.1, 0.15) is 15.8 Å². The second-order valence-electron chi connectivity index (χ2n) is 5.71. The lowest BCUT2D eigenvalue weighted by molar-refractivity contribution is 0.0601. The maximum Gasteiger partial charge on any atom is 0.337 e. The zero-order valence-electron chi connectivity index (χ0n) is 14.8. The molecule has 5 nitrogen and oxygen atoms in total. The van der Waals surface area contributed by atoms with E-state index in [1.807, 2.05) is 36.4 Å². The molecule has 0 saturated carbocycles. The molecule has 0 radical (unpaired) electrons. The van der Waals surface area contributed by atoms with Crippen molar-refractivity contribution in [1.82, 2.24) is 10.2 Å². The summed E-state index contributed by atoms with van der Waals surface area (Å²) in [5.74, 6) is 0.515. The van der Waals surface area contributed by atoms with Gasteiger partial charge >= 0.3 is 5.97 Å². The van der Waals surface area contributed by atoms with E-state index in [1.165, 1.54) is 18.4 Å². The van der Waals surface area contributed by atoms with Crippen LogP contribution in [0.5, 0.6) is 5.75 Å². The summed E-state index contributed by atoms with van der Waals surface area (Å²) in [6.07, 6.45) is 2.17. The summed E-state index contributed by atoms with van der Waals surface area (Å²) in [6.45, 7) is 2.88. The van der Waals surface area contributed by atoms with Crippen LogP contribution in [0.1, 0.15) is 30.1 Å². The van der Waals surface area contributed by atoms with Crippen molar-refractivity contribution >= 4 is 17.3 Å². The summed E-state index contributed by atoms with van der Waals surface area (Å²) in [6, 6.07) is 15.0. The van der Waals surface area contributed by atoms with Crippen LogP contribution in [0.15, 0.2) is 48.5 Å². The lowest BCUT2D eigenvalue weighted by Crippen LogP contribution is -2.00. The Kier molecular flexibility index (Phi) is 5.96. The van der Waals surface area contributed by atoms with Gasteiger partial charge in [-0.15, -0.1) is 10.2 Å². The van der Waals surface area contributed by atoms with E-state index in [4.69, 9.17) is 9.47 Å². The van der Waals surface area contributed by atoms with Crippen molar-refractivity contribution in [2.45, 2.75) is 19.8 Å². The van der Waals surface area contributed by atoms with Crippen LogP contribution >= 0.6 is 11.3 Å². The zero-order chi connectivity index (χ0) is 18.4. The average molecular weight is 368 g/mol. The molecule has 3 aromatic rings. The molecule has 6 heteroatoms. The highest BCUT2D eigenvalue weighted by atomic mass is 32.1. The molecular formula is C20H20N2O3S. The number of carbonyl (C=O) groups excluding carboxylic acids is 1. The summed E-state index contributed by atoms with van der Waals surface area (Å²) in [5.41, 5.74) is 2.43. The van der Waals surface area contributed by atoms with Gasteiger partial charge in [-0.1, -0.05) is 36.8 Å². The molecule has 0 bridgehead atoms. The minimum atomic E-state index is -0.351. The first-order valence-corrected chi connectivity index (χ1v) is 9.28. The SMILES string of the molecule is CCCCOc1ccc(-c2nnc(-c3ccc(C(=O)OC)cc3)s2)cc1. The van der Waals surface area contributed by atoms with Crippen LogP contribution in [0.2, 0.25) is 0 Å². The monoisotopic (exact) mass is 368 g/mol. The predicted octanol–water partition coefficient (Wildman–Crippen LogP) is 4.84. The minimum absolute atomic E-state index is 0.351. The topological polar surface area (TPSA) is 61.3 Å². The molecule has 134 valence electrons. The third-order valence-corrected chi connectivity index (χ3v) is 4.87. The summed E-state index contributed by atoms with van der Waals surface area (Å²) < 4.78 is 10.4. The first kappa shape index (κ1) is 18.1. The van der Waals surface area contributed by atoms with Crippen LogP contribution in [-0.4, -0.2) is 29.9 Å². The molecule has 0 aliphatic carbocycles. The molecule has 0 N–H and O–H groups in total. The normalized spacial score (nSPS) is 10.5. The van der Waals surface area contributed by atoms with Crippen molar-refractivity contribution in [2.24, 2.45) is 0 Å². The highest BCUT2D eigenvalue weighted by Gasteiger charge is 2.10. The first-order chi connectivity index (χ1) is 12.7. The molecule has 26 heavy (non-hydrogen) atoms. The summed E-state index contributed by atoms with van der Waals surface area (Å²) in [5, 5.41) is 10.2. The Morgan fingerprint density at radius 1 is 0.962 bits per heavy atom. The van der Waals surface area contributed by atoms with Crippen LogP contribution < -0.4 is 4.74 Å². The number of methoxy groups -OCH3 is 1. The van der Waals surface area contributed by atoms with Crippen molar-refractivity contribution in [3.05, 3.63) is 54.1 Å². The van der Waals surface area contributed by atoms with Crippen molar-refractivity contribution in [3.63, 3.8) is 0 Å². The van der Waals surface area contributed by atoms with Gasteiger partial charge < -0.3 is 9.47 Å². The standard InChI is InChI=1S/C20H20N2O3S/c1-3-4-13-25-17-11-9-15(10-12-17)19-22-21-18(26-19)14-5-7-16(8-6-14)20(23)24-2/h5-12H,3-4,13H2,1-2H3. The number of hydrogen-bond acceptors (Lipinski definition) is 6. The van der Waals surface area contributed by atoms with E-state index in [-0.39, 0.29) is 5.97 Å². The van der Waals surface area contributed by atoms with Gasteiger partial charge in [0.25, 0.3) is 0 Å². The number of carbonyl (C=O) groups is 1. The highest BCUT2D eigenvalue weighted by Crippen LogP contribution is 2.31. The molecular weight excluding hydrogens is 348 g/mol. The number of ether oxygens (including phenoxy) is 2. The molecule has 0 aliphatic rings. The smallest absolute Gasteiger partial charge is 0.337 e. The van der Waals surface area contributed by atoms with Crippen LogP contribution in [0.25, 0.3) is 21.1 Å². The molecule has 0 spiro atoms. The molecule has 1 aromatic heterocycles. The van der Waals surface area contributed by atoms with Gasteiger partial charge in [0.2, 0.25) is 0 Å². The maximum absolute atomic E-state index is 11.5. The summed E-state index contributed by atoms with van der Waals surface area (Å²) in [4.78, 5) is 11.5. The molecule has 0 saturated heterocycles. The quantitative estimate of drug-likeness (QED) is 0.441. The van der Waals surface area contributed by atoms with Crippen molar-refractivity contribution in [3.8, 4) is 26.9 Å². The predicted molar refractivity (Wildman–Crippen MR) is 103 cm³/mol. The zero-order valence-corrected chi connectivity index (χ0v) is 15.6. The molecule has 0 fully saturated rings. The van der Waals surface area contributed by atoms with E-state index >= 15 is 0 Å². The van der Waals surface area contributed by atoms with Gasteiger partial charge in [0.05, 0.1) is 19.3 Å². The molecule has 3 rings (SSSR count). The molecule has 1 heterocycles. The largest absolute Gasteiger partial charge is 0.494 e. The number of nitrogens with zero attached hydrogens (tertiary/aromatic N) is 2. The number of esters is 1. The molecule has 0 atom stereocenters. The van der Waals surface area contributed by atoms with Crippen LogP contribution in [-0.2, 0) is 4.74 Å². The van der Waals surface area contributed by atoms with Gasteiger partial charge in [-0.2, -0.15) is 0 Å². The van der Waals surface area contributed by atoms with E-state index in [0.717, 1.165) is 46.3 Å². The first-order valence-electron chi connectivity index (χ1n) is 8.46. The fourth-order valence-corrected chi connectivity index (χ4v) is 3.21. The third-order valence-electron chi connectivity index (χ3n) is 3.85. The molecule has 0 aliphatic heterocycles. The van der Waals surface area contributed by atoms with Crippen LogP contribution in [0, 0.1) is 0 Å². The Morgan fingerprint density at radius 2 is 1.54 bits per heavy atom. The maximum atomic E-state index is 11.5. The Labute approximate surface area is 156 Å². The van der Waals surface area contributed by atoms with Crippen LogP contribution in [0.4, 0.5) is 0 Å². The Balaban J connectivity index is 1.72. The summed E-state index contributed by atoms with van der Waals surface area (Å²) in [7, 11) is 1.37. The fourth-order valence-electron chi connectivity index (χ4n) is 2.35. The van der Waals surface area contributed by atoms with Gasteiger partial charge in [-0.25, -0.2) is 4.79 Å². The van der Waals surface area contributed by atoms with Crippen molar-refractivity contribution in [1.29, 1.82) is 0 Å². The highest BCUT2D eigenvalue weighted by molar-refractivity contribution is 7.17. The molecule has 0 unspecified atom stereocenters. The molecule has 0 amide bonds. The number of hydrogen-bond donors (Lipinski definition) is 0. The second kappa shape index (κ2) is 8.58. The lowest BCUT2D eigenvalue weighted by atomic mass is 10.1. The number of rotatable bonds is 7. The Morgan fingerprint density at radius 3 is 2.08 bits per heavy atom. The fraction of sp³-hybridized carbons (Fsp3) is 0.250. The third kappa shape index (κ3) is 4.26. The van der Waals surface area contributed by atoms with Gasteiger partial charge in [0, 0.05) is 11.1 Å². The van der Waals surface area contributed by atoms with Crippen molar-refractivity contribution in [2.75, 3.05) is 13.7 Å². The Hall–Kier alpha value is -2.73. The lowest BCUT2D eigenvalue weighted by Gasteiger charge is -2.05. The molecule has 2 aromatic carbocycles.